The number of thiazole rings is 1. The van der Waals surface area contributed by atoms with Crippen molar-refractivity contribution in [2.45, 2.75) is 13.5 Å². The highest BCUT2D eigenvalue weighted by molar-refractivity contribution is 7.13. The van der Waals surface area contributed by atoms with Crippen molar-refractivity contribution in [1.29, 1.82) is 0 Å². The van der Waals surface area contributed by atoms with Gasteiger partial charge in [-0.05, 0) is 31.2 Å². The first-order valence-electron chi connectivity index (χ1n) is 7.78. The summed E-state index contributed by atoms with van der Waals surface area (Å²) < 4.78 is 1.92. The van der Waals surface area contributed by atoms with Gasteiger partial charge in [-0.3, -0.25) is 9.78 Å². The van der Waals surface area contributed by atoms with Crippen LogP contribution in [0.4, 0.5) is 5.13 Å². The standard InChI is InChI=1S/C18H15N5OS/c1-12-11-25-18(20-12)22-16(24)10-23-15-5-3-2-4-14(15)21-17(23)13-6-8-19-9-7-13/h2-9,11H,10H2,1H3,(H,20,22,24). The van der Waals surface area contributed by atoms with E-state index in [9.17, 15) is 4.79 Å². The van der Waals surface area contributed by atoms with Gasteiger partial charge in [0.2, 0.25) is 5.91 Å². The van der Waals surface area contributed by atoms with E-state index in [1.807, 2.05) is 53.3 Å². The van der Waals surface area contributed by atoms with Crippen LogP contribution in [0.15, 0.2) is 54.2 Å². The summed E-state index contributed by atoms with van der Waals surface area (Å²) in [4.78, 5) is 25.5. The summed E-state index contributed by atoms with van der Waals surface area (Å²) in [6, 6.07) is 11.6. The van der Waals surface area contributed by atoms with Gasteiger partial charge in [-0.15, -0.1) is 11.3 Å². The zero-order chi connectivity index (χ0) is 17.2. The van der Waals surface area contributed by atoms with Gasteiger partial charge < -0.3 is 9.88 Å². The first kappa shape index (κ1) is 15.5. The number of nitrogens with one attached hydrogen (secondary N) is 1. The first-order valence-corrected chi connectivity index (χ1v) is 8.66. The van der Waals surface area contributed by atoms with Crippen molar-refractivity contribution < 1.29 is 4.79 Å². The van der Waals surface area contributed by atoms with Gasteiger partial charge in [-0.1, -0.05) is 12.1 Å². The smallest absolute Gasteiger partial charge is 0.246 e. The highest BCUT2D eigenvalue weighted by Gasteiger charge is 2.15. The summed E-state index contributed by atoms with van der Waals surface area (Å²) in [6.45, 7) is 2.06. The zero-order valence-electron chi connectivity index (χ0n) is 13.5. The van der Waals surface area contributed by atoms with Crippen LogP contribution in [0.3, 0.4) is 0 Å². The molecule has 25 heavy (non-hydrogen) atoms. The van der Waals surface area contributed by atoms with Crippen LogP contribution >= 0.6 is 11.3 Å². The van der Waals surface area contributed by atoms with Crippen molar-refractivity contribution in [3.8, 4) is 11.4 Å². The van der Waals surface area contributed by atoms with E-state index in [2.05, 4.69) is 20.3 Å². The number of rotatable bonds is 4. The van der Waals surface area contributed by atoms with Gasteiger partial charge in [0.15, 0.2) is 5.13 Å². The van der Waals surface area contributed by atoms with Crippen LogP contribution in [0.5, 0.6) is 0 Å². The lowest BCUT2D eigenvalue weighted by atomic mass is 10.2. The Morgan fingerprint density at radius 3 is 2.72 bits per heavy atom. The number of nitrogens with zero attached hydrogens (tertiary/aromatic N) is 4. The Morgan fingerprint density at radius 2 is 1.96 bits per heavy atom. The van der Waals surface area contributed by atoms with Gasteiger partial charge in [0.05, 0.1) is 16.7 Å². The van der Waals surface area contributed by atoms with E-state index in [4.69, 9.17) is 0 Å². The van der Waals surface area contributed by atoms with Gasteiger partial charge in [0, 0.05) is 23.3 Å². The molecular weight excluding hydrogens is 334 g/mol. The number of para-hydroxylation sites is 2. The average Bonchev–Trinajstić information content (AvgIpc) is 3.19. The first-order chi connectivity index (χ1) is 12.2. The third-order valence-electron chi connectivity index (χ3n) is 3.76. The van der Waals surface area contributed by atoms with Crippen LogP contribution in [-0.4, -0.2) is 25.4 Å². The minimum atomic E-state index is -0.132. The number of pyridine rings is 1. The summed E-state index contributed by atoms with van der Waals surface area (Å²) in [5.74, 6) is 0.613. The molecule has 6 nitrogen and oxygen atoms in total. The lowest BCUT2D eigenvalue weighted by molar-refractivity contribution is -0.116. The van der Waals surface area contributed by atoms with Crippen LogP contribution in [0.1, 0.15) is 5.69 Å². The number of carbonyl (C=O) groups is 1. The molecule has 1 aromatic carbocycles. The molecule has 0 saturated heterocycles. The maximum Gasteiger partial charge on any atom is 0.246 e. The van der Waals surface area contributed by atoms with Crippen molar-refractivity contribution in [3.63, 3.8) is 0 Å². The molecule has 1 N–H and O–H groups in total. The van der Waals surface area contributed by atoms with Crippen molar-refractivity contribution >= 4 is 33.4 Å². The molecule has 3 aromatic heterocycles. The molecule has 0 bridgehead atoms. The Labute approximate surface area is 148 Å². The number of aromatic nitrogens is 4. The molecule has 0 aliphatic carbocycles. The van der Waals surface area contributed by atoms with Gasteiger partial charge >= 0.3 is 0 Å². The molecule has 1 amide bonds. The number of carbonyl (C=O) groups excluding carboxylic acids is 1. The Morgan fingerprint density at radius 1 is 1.16 bits per heavy atom. The highest BCUT2D eigenvalue weighted by atomic mass is 32.1. The van der Waals surface area contributed by atoms with Crippen molar-refractivity contribution in [3.05, 3.63) is 59.9 Å². The Balaban J connectivity index is 1.71. The fraction of sp³-hybridized carbons (Fsp3) is 0.111. The third-order valence-corrected chi connectivity index (χ3v) is 4.64. The third kappa shape index (κ3) is 3.14. The van der Waals surface area contributed by atoms with Crippen LogP contribution in [0, 0.1) is 6.92 Å². The van der Waals surface area contributed by atoms with Crippen LogP contribution < -0.4 is 5.32 Å². The average molecular weight is 349 g/mol. The number of imidazole rings is 1. The normalized spacial score (nSPS) is 10.9. The van der Waals surface area contributed by atoms with E-state index in [-0.39, 0.29) is 12.5 Å². The van der Waals surface area contributed by atoms with E-state index in [1.54, 1.807) is 12.4 Å². The van der Waals surface area contributed by atoms with E-state index < -0.39 is 0 Å². The summed E-state index contributed by atoms with van der Waals surface area (Å²) in [5, 5.41) is 5.37. The predicted octanol–water partition coefficient (Wildman–Crippen LogP) is 3.50. The number of hydrogen-bond donors (Lipinski definition) is 1. The van der Waals surface area contributed by atoms with Crippen molar-refractivity contribution in [2.24, 2.45) is 0 Å². The number of hydrogen-bond acceptors (Lipinski definition) is 5. The monoisotopic (exact) mass is 349 g/mol. The molecule has 124 valence electrons. The molecule has 0 aliphatic rings. The zero-order valence-corrected chi connectivity index (χ0v) is 14.3. The minimum absolute atomic E-state index is 0.132. The summed E-state index contributed by atoms with van der Waals surface area (Å²) in [6.07, 6.45) is 3.44. The topological polar surface area (TPSA) is 72.7 Å². The molecule has 0 unspecified atom stereocenters. The molecular formula is C18H15N5OS. The van der Waals surface area contributed by atoms with Crippen LogP contribution in [0.25, 0.3) is 22.4 Å². The van der Waals surface area contributed by atoms with E-state index >= 15 is 0 Å². The Bertz CT molecular complexity index is 1040. The second kappa shape index (κ2) is 6.45. The molecule has 7 heteroatoms. The van der Waals surface area contributed by atoms with Crippen molar-refractivity contribution in [2.75, 3.05) is 5.32 Å². The molecule has 0 aliphatic heterocycles. The number of fused-ring (bicyclic) bond motifs is 1. The van der Waals surface area contributed by atoms with Crippen LogP contribution in [-0.2, 0) is 11.3 Å². The van der Waals surface area contributed by atoms with Gasteiger partial charge in [-0.25, -0.2) is 9.97 Å². The summed E-state index contributed by atoms with van der Waals surface area (Å²) in [5.41, 5.74) is 3.59. The maximum atomic E-state index is 12.5. The number of aryl methyl sites for hydroxylation is 1. The molecule has 0 atom stereocenters. The van der Waals surface area contributed by atoms with E-state index in [0.717, 1.165) is 28.1 Å². The number of amides is 1. The Hall–Kier alpha value is -3.06. The van der Waals surface area contributed by atoms with Gasteiger partial charge in [-0.2, -0.15) is 0 Å². The molecule has 0 spiro atoms. The molecule has 0 fully saturated rings. The molecule has 0 saturated carbocycles. The number of anilines is 1. The maximum absolute atomic E-state index is 12.5. The number of benzene rings is 1. The summed E-state index contributed by atoms with van der Waals surface area (Å²) >= 11 is 1.42. The van der Waals surface area contributed by atoms with E-state index in [1.165, 1.54) is 11.3 Å². The quantitative estimate of drug-likeness (QED) is 0.612. The highest BCUT2D eigenvalue weighted by Crippen LogP contribution is 2.24. The van der Waals surface area contributed by atoms with Crippen LogP contribution in [0.2, 0.25) is 0 Å². The van der Waals surface area contributed by atoms with E-state index in [0.29, 0.717) is 5.13 Å². The fourth-order valence-corrected chi connectivity index (χ4v) is 3.38. The second-order valence-corrected chi connectivity index (χ2v) is 6.45. The SMILES string of the molecule is Cc1csc(NC(=O)Cn2c(-c3ccncc3)nc3ccccc32)n1. The fourth-order valence-electron chi connectivity index (χ4n) is 2.67. The lowest BCUT2D eigenvalue weighted by Crippen LogP contribution is -2.19. The minimum Gasteiger partial charge on any atom is -0.314 e. The second-order valence-electron chi connectivity index (χ2n) is 5.59. The molecule has 0 radical (unpaired) electrons. The van der Waals surface area contributed by atoms with Gasteiger partial charge in [0.25, 0.3) is 0 Å². The largest absolute Gasteiger partial charge is 0.314 e. The van der Waals surface area contributed by atoms with Gasteiger partial charge in [0.1, 0.15) is 12.4 Å². The molecule has 4 rings (SSSR count). The molecule has 3 heterocycles. The Kier molecular flexibility index (Phi) is 3.99. The summed E-state index contributed by atoms with van der Waals surface area (Å²) in [7, 11) is 0. The predicted molar refractivity (Wildman–Crippen MR) is 98.4 cm³/mol. The van der Waals surface area contributed by atoms with Crippen molar-refractivity contribution in [1.82, 2.24) is 19.5 Å². The lowest BCUT2D eigenvalue weighted by Gasteiger charge is -2.09. The molecule has 4 aromatic rings.